The van der Waals surface area contributed by atoms with Crippen molar-refractivity contribution in [3.8, 4) is 0 Å². The van der Waals surface area contributed by atoms with Crippen LogP contribution in [0.2, 0.25) is 0 Å². The van der Waals surface area contributed by atoms with Gasteiger partial charge in [-0.25, -0.2) is 0 Å². The van der Waals surface area contributed by atoms with Crippen LogP contribution in [0.1, 0.15) is 6.92 Å². The zero-order valence-electron chi connectivity index (χ0n) is 10.8. The van der Waals surface area contributed by atoms with Crippen LogP contribution >= 0.6 is 37.0 Å². The summed E-state index contributed by atoms with van der Waals surface area (Å²) < 4.78 is 0. The summed E-state index contributed by atoms with van der Waals surface area (Å²) in [4.78, 5) is 5.60. The molecular formula is C15H17NS3. The molecule has 2 aromatic rings. The maximum atomic E-state index is 4.32. The van der Waals surface area contributed by atoms with E-state index in [2.05, 4.69) is 61.3 Å². The molecule has 0 aliphatic rings. The van der Waals surface area contributed by atoms with Crippen molar-refractivity contribution in [1.82, 2.24) is 0 Å². The number of hydrogen-bond acceptors (Lipinski definition) is 4. The standard InChI is InChI=1S/C15H17NS3/c1-2-16(12-3-5-13(17)6-4-12)11-19-15-9-7-14(18)8-10-15/h3-10,17-18H,2,11H2,1H3. The predicted molar refractivity (Wildman–Crippen MR) is 91.1 cm³/mol. The number of hydrogen-bond donors (Lipinski definition) is 2. The molecule has 0 saturated carbocycles. The van der Waals surface area contributed by atoms with Crippen molar-refractivity contribution in [1.29, 1.82) is 0 Å². The molecule has 0 aromatic heterocycles. The molecule has 0 N–H and O–H groups in total. The molecule has 1 nitrogen and oxygen atoms in total. The molecule has 0 fully saturated rings. The van der Waals surface area contributed by atoms with E-state index < -0.39 is 0 Å². The fraction of sp³-hybridized carbons (Fsp3) is 0.200. The lowest BCUT2D eigenvalue weighted by Crippen LogP contribution is -2.21. The largest absolute Gasteiger partial charge is 0.362 e. The molecule has 0 bridgehead atoms. The van der Waals surface area contributed by atoms with Gasteiger partial charge in [0.15, 0.2) is 0 Å². The molecule has 0 aliphatic carbocycles. The van der Waals surface area contributed by atoms with Crippen molar-refractivity contribution in [2.45, 2.75) is 21.6 Å². The molecule has 4 heteroatoms. The van der Waals surface area contributed by atoms with Crippen molar-refractivity contribution in [2.24, 2.45) is 0 Å². The summed E-state index contributed by atoms with van der Waals surface area (Å²) in [5.41, 5.74) is 1.23. The number of anilines is 1. The molecule has 19 heavy (non-hydrogen) atoms. The third-order valence-electron chi connectivity index (χ3n) is 2.82. The smallest absolute Gasteiger partial charge is 0.0685 e. The van der Waals surface area contributed by atoms with E-state index in [1.165, 1.54) is 10.6 Å². The van der Waals surface area contributed by atoms with Crippen LogP contribution in [0, 0.1) is 0 Å². The van der Waals surface area contributed by atoms with Gasteiger partial charge in [-0.15, -0.1) is 37.0 Å². The van der Waals surface area contributed by atoms with Gasteiger partial charge in [0.1, 0.15) is 0 Å². The van der Waals surface area contributed by atoms with E-state index in [0.29, 0.717) is 0 Å². The SMILES string of the molecule is CCN(CSc1ccc(S)cc1)c1ccc(S)cc1. The predicted octanol–water partition coefficient (Wildman–Crippen LogP) is 4.84. The van der Waals surface area contributed by atoms with Gasteiger partial charge in [0.05, 0.1) is 5.88 Å². The van der Waals surface area contributed by atoms with Crippen LogP contribution in [0.3, 0.4) is 0 Å². The van der Waals surface area contributed by atoms with Gasteiger partial charge in [-0.1, -0.05) is 0 Å². The monoisotopic (exact) mass is 307 g/mol. The van der Waals surface area contributed by atoms with Crippen LogP contribution in [0.4, 0.5) is 5.69 Å². The summed E-state index contributed by atoms with van der Waals surface area (Å²) in [6.07, 6.45) is 0. The van der Waals surface area contributed by atoms with Gasteiger partial charge < -0.3 is 4.90 Å². The van der Waals surface area contributed by atoms with E-state index in [9.17, 15) is 0 Å². The first-order chi connectivity index (χ1) is 9.19. The zero-order valence-corrected chi connectivity index (χ0v) is 13.4. The van der Waals surface area contributed by atoms with Crippen LogP contribution in [0.25, 0.3) is 0 Å². The Balaban J connectivity index is 1.99. The Kier molecular flexibility index (Phi) is 5.55. The summed E-state index contributed by atoms with van der Waals surface area (Å²) in [6, 6.07) is 16.6. The average molecular weight is 308 g/mol. The Bertz CT molecular complexity index is 508. The lowest BCUT2D eigenvalue weighted by Gasteiger charge is -2.22. The second-order valence-electron chi connectivity index (χ2n) is 4.14. The van der Waals surface area contributed by atoms with Gasteiger partial charge in [0.2, 0.25) is 0 Å². The zero-order chi connectivity index (χ0) is 13.7. The van der Waals surface area contributed by atoms with Crippen LogP contribution in [0.15, 0.2) is 63.2 Å². The molecule has 0 unspecified atom stereocenters. The van der Waals surface area contributed by atoms with Gasteiger partial charge in [0.25, 0.3) is 0 Å². The second-order valence-corrected chi connectivity index (χ2v) is 6.19. The second kappa shape index (κ2) is 7.17. The van der Waals surface area contributed by atoms with Crippen molar-refractivity contribution in [3.63, 3.8) is 0 Å². The van der Waals surface area contributed by atoms with E-state index in [-0.39, 0.29) is 0 Å². The third kappa shape index (κ3) is 4.41. The maximum absolute atomic E-state index is 4.32. The third-order valence-corrected chi connectivity index (χ3v) is 4.46. The Morgan fingerprint density at radius 3 is 1.95 bits per heavy atom. The molecule has 0 saturated heterocycles. The summed E-state index contributed by atoms with van der Waals surface area (Å²) in [7, 11) is 0. The fourth-order valence-corrected chi connectivity index (χ4v) is 2.97. The highest BCUT2D eigenvalue weighted by atomic mass is 32.2. The number of thiol groups is 2. The van der Waals surface area contributed by atoms with E-state index in [0.717, 1.165) is 22.2 Å². The Labute approximate surface area is 130 Å². The Morgan fingerprint density at radius 1 is 0.895 bits per heavy atom. The van der Waals surface area contributed by atoms with Crippen molar-refractivity contribution < 1.29 is 0 Å². The lowest BCUT2D eigenvalue weighted by atomic mass is 10.3. The molecule has 2 rings (SSSR count). The lowest BCUT2D eigenvalue weighted by molar-refractivity contribution is 0.944. The topological polar surface area (TPSA) is 3.24 Å². The molecule has 0 aliphatic heterocycles. The molecule has 100 valence electrons. The molecule has 2 aromatic carbocycles. The van der Waals surface area contributed by atoms with Crippen LogP contribution in [-0.4, -0.2) is 12.4 Å². The van der Waals surface area contributed by atoms with Gasteiger partial charge in [-0.3, -0.25) is 0 Å². The summed E-state index contributed by atoms with van der Waals surface area (Å²) in [5, 5.41) is 0. The maximum Gasteiger partial charge on any atom is 0.0685 e. The van der Waals surface area contributed by atoms with E-state index >= 15 is 0 Å². The first-order valence-electron chi connectivity index (χ1n) is 6.15. The Hall–Kier alpha value is -0.710. The summed E-state index contributed by atoms with van der Waals surface area (Å²) >= 11 is 10.4. The number of rotatable bonds is 5. The van der Waals surface area contributed by atoms with Gasteiger partial charge in [-0.2, -0.15) is 0 Å². The highest BCUT2D eigenvalue weighted by molar-refractivity contribution is 7.99. The molecule has 0 heterocycles. The van der Waals surface area contributed by atoms with Crippen LogP contribution in [0.5, 0.6) is 0 Å². The molecule has 0 atom stereocenters. The van der Waals surface area contributed by atoms with Crippen LogP contribution < -0.4 is 4.90 Å². The number of thioether (sulfide) groups is 1. The quantitative estimate of drug-likeness (QED) is 0.462. The van der Waals surface area contributed by atoms with Crippen molar-refractivity contribution >= 4 is 42.7 Å². The first kappa shape index (κ1) is 14.7. The molecular weight excluding hydrogens is 290 g/mol. The van der Waals surface area contributed by atoms with Gasteiger partial charge in [0, 0.05) is 26.9 Å². The molecule has 0 radical (unpaired) electrons. The molecule has 0 spiro atoms. The van der Waals surface area contributed by atoms with E-state index in [1.807, 2.05) is 36.0 Å². The van der Waals surface area contributed by atoms with Crippen LogP contribution in [-0.2, 0) is 0 Å². The highest BCUT2D eigenvalue weighted by Crippen LogP contribution is 2.24. The van der Waals surface area contributed by atoms with Gasteiger partial charge in [-0.05, 0) is 55.5 Å². The molecule has 0 amide bonds. The van der Waals surface area contributed by atoms with Gasteiger partial charge >= 0.3 is 0 Å². The number of nitrogens with zero attached hydrogens (tertiary/aromatic N) is 1. The fourth-order valence-electron chi connectivity index (χ4n) is 1.71. The first-order valence-corrected chi connectivity index (χ1v) is 8.03. The average Bonchev–Trinajstić information content (AvgIpc) is 2.43. The summed E-state index contributed by atoms with van der Waals surface area (Å²) in [6.45, 7) is 3.16. The van der Waals surface area contributed by atoms with E-state index in [1.54, 1.807) is 0 Å². The minimum Gasteiger partial charge on any atom is -0.362 e. The minimum atomic E-state index is 0.939. The highest BCUT2D eigenvalue weighted by Gasteiger charge is 2.04. The minimum absolute atomic E-state index is 0.939. The Morgan fingerprint density at radius 2 is 1.42 bits per heavy atom. The van der Waals surface area contributed by atoms with Crippen molar-refractivity contribution in [3.05, 3.63) is 48.5 Å². The normalized spacial score (nSPS) is 10.5. The van der Waals surface area contributed by atoms with Crippen molar-refractivity contribution in [2.75, 3.05) is 17.3 Å². The number of benzene rings is 2. The summed E-state index contributed by atoms with van der Waals surface area (Å²) in [5.74, 6) is 0.939. The van der Waals surface area contributed by atoms with E-state index in [4.69, 9.17) is 0 Å².